The molecule has 4 nitrogen and oxygen atoms in total. The third-order valence-electron chi connectivity index (χ3n) is 2.62. The molecule has 0 N–H and O–H groups in total. The van der Waals surface area contributed by atoms with Gasteiger partial charge in [0.05, 0.1) is 12.0 Å². The van der Waals surface area contributed by atoms with Crippen LogP contribution in [0.3, 0.4) is 0 Å². The first-order valence-corrected chi connectivity index (χ1v) is 5.46. The van der Waals surface area contributed by atoms with Gasteiger partial charge in [-0.1, -0.05) is 13.8 Å². The maximum absolute atomic E-state index is 10.3. The third kappa shape index (κ3) is 3.31. The second-order valence-electron chi connectivity index (χ2n) is 4.21. The second-order valence-corrected chi connectivity index (χ2v) is 4.21. The van der Waals surface area contributed by atoms with Crippen molar-refractivity contribution in [2.24, 2.45) is 0 Å². The molecule has 0 saturated heterocycles. The molecule has 0 amide bonds. The second kappa shape index (κ2) is 5.48. The first-order chi connectivity index (χ1) is 7.95. The monoisotopic (exact) mass is 235 g/mol. The van der Waals surface area contributed by atoms with Gasteiger partial charge >= 0.3 is 0 Å². The fraction of sp³-hybridized carbons (Fsp3) is 0.385. The van der Waals surface area contributed by atoms with E-state index in [0.29, 0.717) is 5.92 Å². The van der Waals surface area contributed by atoms with Crippen molar-refractivity contribution >= 4 is 6.08 Å². The highest BCUT2D eigenvalue weighted by Crippen LogP contribution is 2.30. The summed E-state index contributed by atoms with van der Waals surface area (Å²) in [6, 6.07) is 3.85. The largest absolute Gasteiger partial charge is 0.496 e. The Morgan fingerprint density at radius 2 is 2.06 bits per heavy atom. The number of benzene rings is 1. The van der Waals surface area contributed by atoms with Gasteiger partial charge in [0, 0.05) is 6.08 Å². The molecule has 92 valence electrons. The average Bonchev–Trinajstić information content (AvgIpc) is 2.26. The summed E-state index contributed by atoms with van der Waals surface area (Å²) in [5.41, 5.74) is 2.87. The number of aryl methyl sites for hydroxylation is 1. The van der Waals surface area contributed by atoms with E-state index in [1.54, 1.807) is 7.11 Å². The number of nitrogens with zero attached hydrogens (tertiary/aromatic N) is 1. The van der Waals surface area contributed by atoms with E-state index in [2.05, 4.69) is 13.8 Å². The van der Waals surface area contributed by atoms with Crippen molar-refractivity contribution in [3.8, 4) is 5.75 Å². The van der Waals surface area contributed by atoms with Gasteiger partial charge in [0.2, 0.25) is 6.20 Å². The highest BCUT2D eigenvalue weighted by Gasteiger charge is 2.10. The lowest BCUT2D eigenvalue weighted by molar-refractivity contribution is -0.400. The first-order valence-electron chi connectivity index (χ1n) is 5.46. The predicted octanol–water partition coefficient (Wildman–Crippen LogP) is 3.37. The topological polar surface area (TPSA) is 52.4 Å². The normalized spacial score (nSPS) is 11.1. The Hall–Kier alpha value is -1.84. The van der Waals surface area contributed by atoms with Crippen LogP contribution in [-0.4, -0.2) is 12.0 Å². The zero-order valence-electron chi connectivity index (χ0n) is 10.6. The van der Waals surface area contributed by atoms with Crippen molar-refractivity contribution in [3.63, 3.8) is 0 Å². The van der Waals surface area contributed by atoms with Gasteiger partial charge in [0.25, 0.3) is 0 Å². The van der Waals surface area contributed by atoms with E-state index in [-0.39, 0.29) is 0 Å². The SMILES string of the molecule is COc1cc(C)c(/C=C/[N+](=O)[O-])cc1C(C)C. The number of rotatable bonds is 4. The minimum absolute atomic E-state index is 0.313. The zero-order chi connectivity index (χ0) is 13.0. The summed E-state index contributed by atoms with van der Waals surface area (Å²) in [4.78, 5) is 9.86. The van der Waals surface area contributed by atoms with Gasteiger partial charge in [0.15, 0.2) is 0 Å². The van der Waals surface area contributed by atoms with E-state index in [1.165, 1.54) is 6.08 Å². The average molecular weight is 235 g/mol. The molecule has 1 aromatic carbocycles. The Labute approximate surface area is 101 Å². The molecule has 0 radical (unpaired) electrons. The Kier molecular flexibility index (Phi) is 4.26. The molecule has 0 bridgehead atoms. The van der Waals surface area contributed by atoms with Crippen molar-refractivity contribution < 1.29 is 9.66 Å². The Bertz CT molecular complexity index is 450. The molecule has 0 spiro atoms. The molecule has 0 aliphatic rings. The van der Waals surface area contributed by atoms with Crippen molar-refractivity contribution in [1.82, 2.24) is 0 Å². The van der Waals surface area contributed by atoms with Crippen molar-refractivity contribution in [2.75, 3.05) is 7.11 Å². The standard InChI is InChI=1S/C13H17NO3/c1-9(2)12-8-11(5-6-14(15)16)10(3)7-13(12)17-4/h5-9H,1-4H3/b6-5+. The molecule has 17 heavy (non-hydrogen) atoms. The molecule has 4 heteroatoms. The quantitative estimate of drug-likeness (QED) is 0.593. The van der Waals surface area contributed by atoms with Crippen LogP contribution >= 0.6 is 0 Å². The van der Waals surface area contributed by atoms with Gasteiger partial charge in [-0.25, -0.2) is 0 Å². The third-order valence-corrected chi connectivity index (χ3v) is 2.62. The Morgan fingerprint density at radius 1 is 1.41 bits per heavy atom. The maximum atomic E-state index is 10.3. The van der Waals surface area contributed by atoms with Crippen LogP contribution < -0.4 is 4.74 Å². The first kappa shape index (κ1) is 13.2. The molecule has 1 rings (SSSR count). The van der Waals surface area contributed by atoms with Crippen LogP contribution in [0, 0.1) is 17.0 Å². The molecule has 0 aliphatic carbocycles. The molecule has 0 unspecified atom stereocenters. The molecule has 0 saturated carbocycles. The van der Waals surface area contributed by atoms with Crippen molar-refractivity contribution in [2.45, 2.75) is 26.7 Å². The summed E-state index contributed by atoms with van der Waals surface area (Å²) in [6.45, 7) is 6.04. The minimum Gasteiger partial charge on any atom is -0.496 e. The van der Waals surface area contributed by atoms with Gasteiger partial charge in [0.1, 0.15) is 5.75 Å². The van der Waals surface area contributed by atoms with E-state index in [4.69, 9.17) is 4.74 Å². The lowest BCUT2D eigenvalue weighted by Gasteiger charge is -2.14. The van der Waals surface area contributed by atoms with Gasteiger partial charge in [-0.3, -0.25) is 10.1 Å². The van der Waals surface area contributed by atoms with E-state index in [9.17, 15) is 10.1 Å². The Morgan fingerprint density at radius 3 is 2.53 bits per heavy atom. The summed E-state index contributed by atoms with van der Waals surface area (Å²) in [6.07, 6.45) is 2.47. The van der Waals surface area contributed by atoms with Gasteiger partial charge in [-0.05, 0) is 41.7 Å². The smallest absolute Gasteiger partial charge is 0.235 e. The lowest BCUT2D eigenvalue weighted by atomic mass is 9.96. The molecule has 0 atom stereocenters. The van der Waals surface area contributed by atoms with Crippen molar-refractivity contribution in [1.29, 1.82) is 0 Å². The number of hydrogen-bond acceptors (Lipinski definition) is 3. The fourth-order valence-corrected chi connectivity index (χ4v) is 1.66. The van der Waals surface area contributed by atoms with Gasteiger partial charge in [-0.15, -0.1) is 0 Å². The highest BCUT2D eigenvalue weighted by molar-refractivity contribution is 5.57. The summed E-state index contributed by atoms with van der Waals surface area (Å²) in [5, 5.41) is 10.3. The van der Waals surface area contributed by atoms with E-state index >= 15 is 0 Å². The van der Waals surface area contributed by atoms with Crippen LogP contribution in [-0.2, 0) is 0 Å². The maximum Gasteiger partial charge on any atom is 0.235 e. The van der Waals surface area contributed by atoms with Crippen LogP contribution in [0.5, 0.6) is 5.75 Å². The number of methoxy groups -OCH3 is 1. The summed E-state index contributed by atoms with van der Waals surface area (Å²) in [5.74, 6) is 1.14. The molecule has 1 aromatic rings. The molecule has 0 aliphatic heterocycles. The minimum atomic E-state index is -0.460. The number of hydrogen-bond donors (Lipinski definition) is 0. The van der Waals surface area contributed by atoms with E-state index < -0.39 is 4.92 Å². The zero-order valence-corrected chi connectivity index (χ0v) is 10.6. The fourth-order valence-electron chi connectivity index (χ4n) is 1.66. The van der Waals surface area contributed by atoms with Crippen LogP contribution in [0.25, 0.3) is 6.08 Å². The summed E-state index contributed by atoms with van der Waals surface area (Å²) >= 11 is 0. The summed E-state index contributed by atoms with van der Waals surface area (Å²) < 4.78 is 5.31. The number of ether oxygens (including phenoxy) is 1. The lowest BCUT2D eigenvalue weighted by Crippen LogP contribution is -1.97. The molecular formula is C13H17NO3. The van der Waals surface area contributed by atoms with Crippen LogP contribution in [0.15, 0.2) is 18.3 Å². The van der Waals surface area contributed by atoms with Crippen LogP contribution in [0.1, 0.15) is 36.5 Å². The predicted molar refractivity (Wildman–Crippen MR) is 67.8 cm³/mol. The van der Waals surface area contributed by atoms with E-state index in [0.717, 1.165) is 28.6 Å². The van der Waals surface area contributed by atoms with Crippen LogP contribution in [0.2, 0.25) is 0 Å². The molecule has 0 aromatic heterocycles. The molecule has 0 heterocycles. The highest BCUT2D eigenvalue weighted by atomic mass is 16.6. The molecular weight excluding hydrogens is 218 g/mol. The molecule has 0 fully saturated rings. The van der Waals surface area contributed by atoms with Crippen molar-refractivity contribution in [3.05, 3.63) is 45.1 Å². The Balaban J connectivity index is 3.24. The summed E-state index contributed by atoms with van der Waals surface area (Å²) in [7, 11) is 1.63. The van der Waals surface area contributed by atoms with Gasteiger partial charge < -0.3 is 4.74 Å². The number of nitro groups is 1. The van der Waals surface area contributed by atoms with Gasteiger partial charge in [-0.2, -0.15) is 0 Å². The van der Waals surface area contributed by atoms with Crippen LogP contribution in [0.4, 0.5) is 0 Å². The van der Waals surface area contributed by atoms with E-state index in [1.807, 2.05) is 19.1 Å².